The lowest BCUT2D eigenvalue weighted by Crippen LogP contribution is -1.99. The van der Waals surface area contributed by atoms with Crippen molar-refractivity contribution in [1.29, 1.82) is 0 Å². The normalized spacial score (nSPS) is 10.9. The van der Waals surface area contributed by atoms with Gasteiger partial charge in [-0.1, -0.05) is 11.6 Å². The number of H-pyrrole nitrogens is 1. The number of carbonyl (C=O) groups is 1. The minimum atomic E-state index is -0.981. The molecule has 1 aromatic carbocycles. The highest BCUT2D eigenvalue weighted by Gasteiger charge is 2.15. The highest BCUT2D eigenvalue weighted by molar-refractivity contribution is 6.31. The highest BCUT2D eigenvalue weighted by Crippen LogP contribution is 2.32. The Labute approximate surface area is 96.5 Å². The van der Waals surface area contributed by atoms with E-state index >= 15 is 0 Å². The standard InChI is InChI=1S/C11H10ClNO3/c1-5-2-6(12)3-8-10(5)7(4-9(14)15)11(16)13-8/h2-3,13,16H,4H2,1H3,(H,14,15). The molecule has 0 aliphatic heterocycles. The number of aromatic hydroxyl groups is 1. The Balaban J connectivity index is 2.73. The van der Waals surface area contributed by atoms with Crippen LogP contribution in [0, 0.1) is 6.92 Å². The van der Waals surface area contributed by atoms with Gasteiger partial charge in [-0.25, -0.2) is 0 Å². The summed E-state index contributed by atoms with van der Waals surface area (Å²) < 4.78 is 0. The quantitative estimate of drug-likeness (QED) is 0.754. The van der Waals surface area contributed by atoms with Gasteiger partial charge in [0.05, 0.1) is 11.9 Å². The third kappa shape index (κ3) is 1.72. The van der Waals surface area contributed by atoms with Gasteiger partial charge in [-0.05, 0) is 24.6 Å². The number of hydrogen-bond donors (Lipinski definition) is 3. The predicted molar refractivity (Wildman–Crippen MR) is 61.1 cm³/mol. The van der Waals surface area contributed by atoms with E-state index in [-0.39, 0.29) is 12.3 Å². The Morgan fingerprint density at radius 3 is 2.81 bits per heavy atom. The Hall–Kier alpha value is -1.68. The third-order valence-corrected chi connectivity index (χ3v) is 2.69. The van der Waals surface area contributed by atoms with Gasteiger partial charge in [0.15, 0.2) is 5.88 Å². The van der Waals surface area contributed by atoms with Crippen LogP contribution in [0.3, 0.4) is 0 Å². The predicted octanol–water partition coefficient (Wildman–Crippen LogP) is 2.46. The second kappa shape index (κ2) is 3.72. The minimum absolute atomic E-state index is 0.109. The molecule has 16 heavy (non-hydrogen) atoms. The molecule has 3 N–H and O–H groups in total. The summed E-state index contributed by atoms with van der Waals surface area (Å²) in [5.74, 6) is -1.09. The number of nitrogens with one attached hydrogen (secondary N) is 1. The summed E-state index contributed by atoms with van der Waals surface area (Å²) in [6.45, 7) is 1.83. The number of halogens is 1. The molecule has 2 rings (SSSR count). The topological polar surface area (TPSA) is 73.3 Å². The molecule has 0 amide bonds. The Kier molecular flexibility index (Phi) is 2.52. The van der Waals surface area contributed by atoms with E-state index in [4.69, 9.17) is 16.7 Å². The molecule has 0 saturated heterocycles. The number of aromatic amines is 1. The summed E-state index contributed by atoms with van der Waals surface area (Å²) in [4.78, 5) is 13.4. The first-order valence-electron chi connectivity index (χ1n) is 4.70. The molecule has 0 aliphatic rings. The number of rotatable bonds is 2. The van der Waals surface area contributed by atoms with Crippen LogP contribution in [0.25, 0.3) is 10.9 Å². The molecule has 2 aromatic rings. The second-order valence-electron chi connectivity index (χ2n) is 3.67. The van der Waals surface area contributed by atoms with Gasteiger partial charge >= 0.3 is 5.97 Å². The maximum Gasteiger partial charge on any atom is 0.308 e. The van der Waals surface area contributed by atoms with Crippen LogP contribution in [0.4, 0.5) is 0 Å². The van der Waals surface area contributed by atoms with Crippen molar-refractivity contribution < 1.29 is 15.0 Å². The van der Waals surface area contributed by atoms with E-state index in [0.717, 1.165) is 10.9 Å². The second-order valence-corrected chi connectivity index (χ2v) is 4.10. The zero-order valence-electron chi connectivity index (χ0n) is 8.54. The van der Waals surface area contributed by atoms with E-state index in [0.29, 0.717) is 16.1 Å². The maximum absolute atomic E-state index is 10.7. The van der Waals surface area contributed by atoms with Crippen LogP contribution in [0.2, 0.25) is 5.02 Å². The largest absolute Gasteiger partial charge is 0.494 e. The first-order valence-corrected chi connectivity index (χ1v) is 5.08. The Morgan fingerprint density at radius 1 is 1.50 bits per heavy atom. The molecule has 0 bridgehead atoms. The maximum atomic E-state index is 10.7. The van der Waals surface area contributed by atoms with Crippen LogP contribution >= 0.6 is 11.6 Å². The van der Waals surface area contributed by atoms with E-state index in [1.165, 1.54) is 0 Å². The van der Waals surface area contributed by atoms with Crippen molar-refractivity contribution in [1.82, 2.24) is 4.98 Å². The van der Waals surface area contributed by atoms with Crippen LogP contribution in [0.5, 0.6) is 5.88 Å². The van der Waals surface area contributed by atoms with Gasteiger partial charge in [0.25, 0.3) is 0 Å². The Bertz CT molecular complexity index is 574. The van der Waals surface area contributed by atoms with E-state index < -0.39 is 5.97 Å². The summed E-state index contributed by atoms with van der Waals surface area (Å²) in [6, 6.07) is 3.40. The molecule has 1 aromatic heterocycles. The summed E-state index contributed by atoms with van der Waals surface area (Å²) in [5.41, 5.74) is 1.89. The van der Waals surface area contributed by atoms with Gasteiger partial charge in [-0.15, -0.1) is 0 Å². The number of fused-ring (bicyclic) bond motifs is 1. The lowest BCUT2D eigenvalue weighted by molar-refractivity contribution is -0.136. The van der Waals surface area contributed by atoms with Crippen LogP contribution in [0.1, 0.15) is 11.1 Å². The number of carboxylic acid groups (broad SMARTS) is 1. The smallest absolute Gasteiger partial charge is 0.308 e. The monoisotopic (exact) mass is 239 g/mol. The average Bonchev–Trinajstić information content (AvgIpc) is 2.41. The van der Waals surface area contributed by atoms with Crippen LogP contribution in [0.15, 0.2) is 12.1 Å². The van der Waals surface area contributed by atoms with Crippen molar-refractivity contribution in [3.05, 3.63) is 28.3 Å². The fraction of sp³-hybridized carbons (Fsp3) is 0.182. The summed E-state index contributed by atoms with van der Waals surface area (Å²) >= 11 is 5.87. The van der Waals surface area contributed by atoms with Crippen molar-refractivity contribution in [2.24, 2.45) is 0 Å². The molecule has 0 fully saturated rings. The van der Waals surface area contributed by atoms with E-state index in [9.17, 15) is 9.90 Å². The Morgan fingerprint density at radius 2 is 2.19 bits per heavy atom. The van der Waals surface area contributed by atoms with Crippen molar-refractivity contribution in [3.8, 4) is 5.88 Å². The first-order chi connectivity index (χ1) is 7.49. The molecule has 1 heterocycles. The summed E-state index contributed by atoms with van der Waals surface area (Å²) in [5, 5.41) is 19.7. The molecule has 0 radical (unpaired) electrons. The highest BCUT2D eigenvalue weighted by atomic mass is 35.5. The average molecular weight is 240 g/mol. The number of hydrogen-bond acceptors (Lipinski definition) is 2. The molecule has 5 heteroatoms. The molecule has 0 aliphatic carbocycles. The van der Waals surface area contributed by atoms with E-state index in [2.05, 4.69) is 4.98 Å². The molecule has 84 valence electrons. The summed E-state index contributed by atoms with van der Waals surface area (Å²) in [6.07, 6.45) is -0.214. The van der Waals surface area contributed by atoms with Gasteiger partial charge in [-0.2, -0.15) is 0 Å². The number of aliphatic carboxylic acids is 1. The summed E-state index contributed by atoms with van der Waals surface area (Å²) in [7, 11) is 0. The van der Waals surface area contributed by atoms with Gasteiger partial charge in [-0.3, -0.25) is 4.79 Å². The van der Waals surface area contributed by atoms with Crippen molar-refractivity contribution >= 4 is 28.5 Å². The van der Waals surface area contributed by atoms with Crippen LogP contribution < -0.4 is 0 Å². The minimum Gasteiger partial charge on any atom is -0.494 e. The number of aromatic nitrogens is 1. The van der Waals surface area contributed by atoms with Crippen molar-refractivity contribution in [2.75, 3.05) is 0 Å². The fourth-order valence-corrected chi connectivity index (χ4v) is 2.16. The van der Waals surface area contributed by atoms with Gasteiger partial charge < -0.3 is 15.2 Å². The van der Waals surface area contributed by atoms with Crippen molar-refractivity contribution in [3.63, 3.8) is 0 Å². The molecule has 0 atom stereocenters. The molecule has 4 nitrogen and oxygen atoms in total. The molecular formula is C11H10ClNO3. The van der Waals surface area contributed by atoms with Gasteiger partial charge in [0.1, 0.15) is 0 Å². The number of aryl methyl sites for hydroxylation is 1. The zero-order valence-corrected chi connectivity index (χ0v) is 9.30. The SMILES string of the molecule is Cc1cc(Cl)cc2[nH]c(O)c(CC(=O)O)c12. The molecule has 0 unspecified atom stereocenters. The van der Waals surface area contributed by atoms with E-state index in [1.54, 1.807) is 12.1 Å². The third-order valence-electron chi connectivity index (χ3n) is 2.47. The lowest BCUT2D eigenvalue weighted by Gasteiger charge is -2.00. The van der Waals surface area contributed by atoms with Gasteiger partial charge in [0, 0.05) is 16.0 Å². The van der Waals surface area contributed by atoms with Crippen LogP contribution in [-0.2, 0) is 11.2 Å². The van der Waals surface area contributed by atoms with Crippen molar-refractivity contribution in [2.45, 2.75) is 13.3 Å². The fourth-order valence-electron chi connectivity index (χ4n) is 1.89. The first kappa shape index (κ1) is 10.8. The van der Waals surface area contributed by atoms with E-state index in [1.807, 2.05) is 6.92 Å². The van der Waals surface area contributed by atoms with Crippen LogP contribution in [-0.4, -0.2) is 21.2 Å². The lowest BCUT2D eigenvalue weighted by atomic mass is 10.1. The molecular weight excluding hydrogens is 230 g/mol. The number of carboxylic acids is 1. The van der Waals surface area contributed by atoms with Gasteiger partial charge in [0.2, 0.25) is 0 Å². The zero-order chi connectivity index (χ0) is 11.9. The molecule has 0 spiro atoms. The molecule has 0 saturated carbocycles. The number of benzene rings is 1.